The molecule has 144 valence electrons. The fourth-order valence-corrected chi connectivity index (χ4v) is 4.05. The van der Waals surface area contributed by atoms with Crippen LogP contribution in [0, 0.1) is 11.8 Å². The van der Waals surface area contributed by atoms with Crippen LogP contribution in [0.1, 0.15) is 52.4 Å². The van der Waals surface area contributed by atoms with Crippen LogP contribution in [-0.2, 0) is 4.74 Å². The molecular formula is C19H31N5O2. The van der Waals surface area contributed by atoms with Gasteiger partial charge in [0.1, 0.15) is 6.10 Å². The lowest BCUT2D eigenvalue weighted by atomic mass is 9.87. The first-order valence-electron chi connectivity index (χ1n) is 9.81. The molecule has 3 rings (SSSR count). The summed E-state index contributed by atoms with van der Waals surface area (Å²) in [5, 5.41) is 3.49. The van der Waals surface area contributed by atoms with Crippen molar-refractivity contribution in [1.82, 2.24) is 9.97 Å². The average Bonchev–Trinajstić information content (AvgIpc) is 2.64. The molecule has 7 heteroatoms. The van der Waals surface area contributed by atoms with Crippen LogP contribution in [0.4, 0.5) is 16.4 Å². The summed E-state index contributed by atoms with van der Waals surface area (Å²) in [6, 6.07) is 0.360. The third-order valence-corrected chi connectivity index (χ3v) is 5.73. The summed E-state index contributed by atoms with van der Waals surface area (Å²) in [4.78, 5) is 22.2. The molecule has 1 aliphatic heterocycles. The number of anilines is 2. The van der Waals surface area contributed by atoms with E-state index < -0.39 is 6.09 Å². The number of nitrogens with one attached hydrogen (secondary N) is 1. The summed E-state index contributed by atoms with van der Waals surface area (Å²) in [5.74, 6) is 2.41. The maximum absolute atomic E-state index is 10.8. The Hall–Kier alpha value is -2.05. The lowest BCUT2D eigenvalue weighted by Crippen LogP contribution is -2.36. The number of ether oxygens (including phenoxy) is 1. The fraction of sp³-hybridized carbons (Fsp3) is 0.737. The molecular weight excluding hydrogens is 330 g/mol. The number of hydrogen-bond acceptors (Lipinski definition) is 6. The molecule has 1 aromatic heterocycles. The van der Waals surface area contributed by atoms with E-state index in [1.54, 1.807) is 0 Å². The average molecular weight is 361 g/mol. The molecule has 1 aliphatic carbocycles. The Morgan fingerprint density at radius 3 is 2.31 bits per heavy atom. The van der Waals surface area contributed by atoms with Crippen LogP contribution in [0.3, 0.4) is 0 Å². The van der Waals surface area contributed by atoms with Crippen molar-refractivity contribution in [3.05, 3.63) is 12.4 Å². The second-order valence-corrected chi connectivity index (χ2v) is 7.90. The highest BCUT2D eigenvalue weighted by atomic mass is 16.6. The van der Waals surface area contributed by atoms with Gasteiger partial charge in [-0.1, -0.05) is 13.8 Å². The lowest BCUT2D eigenvalue weighted by Gasteiger charge is -2.34. The zero-order valence-corrected chi connectivity index (χ0v) is 15.9. The van der Waals surface area contributed by atoms with Gasteiger partial charge in [-0.25, -0.2) is 14.8 Å². The number of aromatic nitrogens is 2. The summed E-state index contributed by atoms with van der Waals surface area (Å²) >= 11 is 0. The van der Waals surface area contributed by atoms with Crippen LogP contribution in [-0.4, -0.2) is 41.3 Å². The van der Waals surface area contributed by atoms with Crippen LogP contribution in [0.15, 0.2) is 12.4 Å². The van der Waals surface area contributed by atoms with Gasteiger partial charge < -0.3 is 20.7 Å². The molecule has 0 aromatic carbocycles. The van der Waals surface area contributed by atoms with Crippen molar-refractivity contribution >= 4 is 17.7 Å². The number of carbonyl (C=O) groups excluding carboxylic acids is 1. The van der Waals surface area contributed by atoms with E-state index in [4.69, 9.17) is 10.5 Å². The molecule has 0 unspecified atom stereocenters. The summed E-state index contributed by atoms with van der Waals surface area (Å²) in [6.45, 7) is 6.70. The smallest absolute Gasteiger partial charge is 0.404 e. The monoisotopic (exact) mass is 361 g/mol. The minimum atomic E-state index is -0.678. The second kappa shape index (κ2) is 8.56. The molecule has 2 aliphatic rings. The van der Waals surface area contributed by atoms with Gasteiger partial charge in [0.15, 0.2) is 0 Å². The zero-order chi connectivity index (χ0) is 18.5. The largest absolute Gasteiger partial charge is 0.446 e. The topological polar surface area (TPSA) is 93.4 Å². The van der Waals surface area contributed by atoms with Gasteiger partial charge in [0.25, 0.3) is 0 Å². The van der Waals surface area contributed by atoms with Gasteiger partial charge in [-0.3, -0.25) is 0 Å². The van der Waals surface area contributed by atoms with Gasteiger partial charge in [0.05, 0.1) is 18.1 Å². The Morgan fingerprint density at radius 2 is 1.77 bits per heavy atom. The molecule has 3 N–H and O–H groups in total. The Balaban J connectivity index is 1.46. The zero-order valence-electron chi connectivity index (χ0n) is 15.9. The first kappa shape index (κ1) is 18.7. The molecule has 0 radical (unpaired) electrons. The number of hydrogen-bond donors (Lipinski definition) is 2. The van der Waals surface area contributed by atoms with Crippen LogP contribution in [0.2, 0.25) is 0 Å². The van der Waals surface area contributed by atoms with E-state index in [0.717, 1.165) is 62.2 Å². The van der Waals surface area contributed by atoms with E-state index in [1.165, 1.54) is 12.8 Å². The van der Waals surface area contributed by atoms with Crippen LogP contribution >= 0.6 is 0 Å². The predicted octanol–water partition coefficient (Wildman–Crippen LogP) is 3.17. The molecule has 26 heavy (non-hydrogen) atoms. The van der Waals surface area contributed by atoms with E-state index in [0.29, 0.717) is 6.04 Å². The summed E-state index contributed by atoms with van der Waals surface area (Å²) < 4.78 is 5.08. The molecule has 0 bridgehead atoms. The van der Waals surface area contributed by atoms with E-state index in [2.05, 4.69) is 34.0 Å². The highest BCUT2D eigenvalue weighted by molar-refractivity contribution is 5.64. The standard InChI is InChI=1S/C19H31N5O2/c1-13(2)14-7-9-24(10-8-14)19-21-11-16(12-22-19)23-15-3-5-17(6-4-15)26-18(20)25/h11-15,17,23H,3-10H2,1-2H3,(H2,20,25). The van der Waals surface area contributed by atoms with Gasteiger partial charge in [-0.15, -0.1) is 0 Å². The Bertz CT molecular complexity index is 576. The van der Waals surface area contributed by atoms with Crippen molar-refractivity contribution in [2.75, 3.05) is 23.3 Å². The van der Waals surface area contributed by atoms with Gasteiger partial charge in [0.2, 0.25) is 5.95 Å². The molecule has 7 nitrogen and oxygen atoms in total. The lowest BCUT2D eigenvalue weighted by molar-refractivity contribution is 0.0806. The number of primary amides is 1. The minimum Gasteiger partial charge on any atom is -0.446 e. The van der Waals surface area contributed by atoms with E-state index >= 15 is 0 Å². The molecule has 0 spiro atoms. The van der Waals surface area contributed by atoms with Crippen LogP contribution < -0.4 is 16.0 Å². The molecule has 2 heterocycles. The molecule has 1 saturated heterocycles. The quantitative estimate of drug-likeness (QED) is 0.837. The summed E-state index contributed by atoms with van der Waals surface area (Å²) in [7, 11) is 0. The minimum absolute atomic E-state index is 0.0436. The maximum atomic E-state index is 10.8. The first-order valence-corrected chi connectivity index (χ1v) is 9.81. The molecule has 2 fully saturated rings. The highest BCUT2D eigenvalue weighted by Crippen LogP contribution is 2.27. The van der Waals surface area contributed by atoms with Crippen molar-refractivity contribution in [2.45, 2.75) is 64.5 Å². The summed E-state index contributed by atoms with van der Waals surface area (Å²) in [6.07, 6.45) is 9.04. The molecule has 1 aromatic rings. The normalized spacial score (nSPS) is 24.5. The van der Waals surface area contributed by atoms with Gasteiger partial charge in [0, 0.05) is 19.1 Å². The Morgan fingerprint density at radius 1 is 1.15 bits per heavy atom. The van der Waals surface area contributed by atoms with Gasteiger partial charge >= 0.3 is 6.09 Å². The third-order valence-electron chi connectivity index (χ3n) is 5.73. The Labute approximate surface area is 155 Å². The molecule has 0 atom stereocenters. The van der Waals surface area contributed by atoms with Crippen molar-refractivity contribution in [2.24, 2.45) is 17.6 Å². The summed E-state index contributed by atoms with van der Waals surface area (Å²) in [5.41, 5.74) is 6.03. The number of carbonyl (C=O) groups is 1. The number of amides is 1. The van der Waals surface area contributed by atoms with Crippen LogP contribution in [0.25, 0.3) is 0 Å². The van der Waals surface area contributed by atoms with E-state index in [9.17, 15) is 4.79 Å². The Kier molecular flexibility index (Phi) is 6.16. The van der Waals surface area contributed by atoms with Crippen molar-refractivity contribution in [3.8, 4) is 0 Å². The van der Waals surface area contributed by atoms with Crippen molar-refractivity contribution in [1.29, 1.82) is 0 Å². The fourth-order valence-electron chi connectivity index (χ4n) is 4.05. The second-order valence-electron chi connectivity index (χ2n) is 7.90. The van der Waals surface area contributed by atoms with Crippen LogP contribution in [0.5, 0.6) is 0 Å². The molecule has 1 saturated carbocycles. The van der Waals surface area contributed by atoms with E-state index in [-0.39, 0.29) is 6.10 Å². The van der Waals surface area contributed by atoms with Crippen molar-refractivity contribution in [3.63, 3.8) is 0 Å². The molecule has 1 amide bonds. The maximum Gasteiger partial charge on any atom is 0.404 e. The van der Waals surface area contributed by atoms with E-state index in [1.807, 2.05) is 12.4 Å². The first-order chi connectivity index (χ1) is 12.5. The number of rotatable bonds is 5. The number of nitrogens with zero attached hydrogens (tertiary/aromatic N) is 3. The SMILES string of the molecule is CC(C)C1CCN(c2ncc(NC3CCC(OC(N)=O)CC3)cn2)CC1. The van der Waals surface area contributed by atoms with Gasteiger partial charge in [-0.05, 0) is 50.4 Å². The van der Waals surface area contributed by atoms with Gasteiger partial charge in [-0.2, -0.15) is 0 Å². The number of piperidine rings is 1. The number of nitrogens with two attached hydrogens (primary N) is 1. The predicted molar refractivity (Wildman–Crippen MR) is 102 cm³/mol. The third kappa shape index (κ3) is 4.99. The highest BCUT2D eigenvalue weighted by Gasteiger charge is 2.24. The van der Waals surface area contributed by atoms with Crippen molar-refractivity contribution < 1.29 is 9.53 Å².